The van der Waals surface area contributed by atoms with Crippen molar-refractivity contribution < 1.29 is 44.6 Å². The van der Waals surface area contributed by atoms with Crippen LogP contribution in [0, 0.1) is 0 Å². The van der Waals surface area contributed by atoms with E-state index in [1.54, 1.807) is 12.3 Å². The maximum atomic E-state index is 12.6. The normalized spacial score (nSPS) is 24.9. The number of nitrogens with zero attached hydrogens (tertiary/aromatic N) is 1. The van der Waals surface area contributed by atoms with E-state index in [1.165, 1.54) is 6.07 Å². The first kappa shape index (κ1) is 25.5. The predicted octanol–water partition coefficient (Wildman–Crippen LogP) is 0.911. The Balaban J connectivity index is 1.71. The topological polar surface area (TPSA) is 185 Å². The Labute approximate surface area is 205 Å². The van der Waals surface area contributed by atoms with Crippen molar-refractivity contribution in [2.24, 2.45) is 5.73 Å². The Morgan fingerprint density at radius 1 is 1.11 bits per heavy atom. The van der Waals surface area contributed by atoms with Crippen LogP contribution in [0.5, 0.6) is 11.5 Å². The summed E-state index contributed by atoms with van der Waals surface area (Å²) in [5, 5.41) is 50.7. The number of aromatic hydroxyl groups is 1. The molecule has 2 unspecified atom stereocenters. The first-order valence-corrected chi connectivity index (χ1v) is 11.4. The predicted molar refractivity (Wildman–Crippen MR) is 127 cm³/mol. The summed E-state index contributed by atoms with van der Waals surface area (Å²) in [5.74, 6) is -3.49. The van der Waals surface area contributed by atoms with Gasteiger partial charge in [-0.25, -0.2) is 4.79 Å². The number of amides is 1. The van der Waals surface area contributed by atoms with E-state index in [0.29, 0.717) is 10.9 Å². The number of fused-ring (bicyclic) bond motifs is 1. The van der Waals surface area contributed by atoms with Crippen molar-refractivity contribution in [2.75, 3.05) is 0 Å². The summed E-state index contributed by atoms with van der Waals surface area (Å²) in [5.41, 5.74) is 6.99. The van der Waals surface area contributed by atoms with Crippen LogP contribution in [0.4, 0.5) is 0 Å². The minimum absolute atomic E-state index is 0.0944. The van der Waals surface area contributed by atoms with Gasteiger partial charge in [0.15, 0.2) is 17.6 Å². The second-order valence-electron chi connectivity index (χ2n) is 8.85. The molecule has 1 amide bonds. The summed E-state index contributed by atoms with van der Waals surface area (Å²) < 4.78 is 12.5. The number of primary amides is 1. The molecule has 11 nitrogen and oxygen atoms in total. The highest BCUT2D eigenvalue weighted by Gasteiger charge is 2.48. The van der Waals surface area contributed by atoms with Crippen molar-refractivity contribution in [3.05, 3.63) is 59.8 Å². The van der Waals surface area contributed by atoms with Gasteiger partial charge in [0.1, 0.15) is 23.9 Å². The molecule has 7 N–H and O–H groups in total. The van der Waals surface area contributed by atoms with E-state index in [1.807, 2.05) is 41.8 Å². The number of aromatic nitrogens is 1. The number of aryl methyl sites for hydroxylation is 1. The molecule has 1 fully saturated rings. The first-order chi connectivity index (χ1) is 17.1. The van der Waals surface area contributed by atoms with Crippen molar-refractivity contribution >= 4 is 22.8 Å². The van der Waals surface area contributed by atoms with Crippen LogP contribution in [0.15, 0.2) is 48.7 Å². The number of aliphatic carboxylic acids is 1. The zero-order valence-corrected chi connectivity index (χ0v) is 19.4. The number of rotatable bonds is 8. The van der Waals surface area contributed by atoms with E-state index in [9.17, 15) is 35.1 Å². The number of phenolic OH excluding ortho intramolecular Hbond substituents is 1. The molecule has 1 aromatic heterocycles. The molecule has 192 valence electrons. The third-order valence-electron chi connectivity index (χ3n) is 6.40. The largest absolute Gasteiger partial charge is 0.504 e. The molecule has 2 aromatic carbocycles. The molecule has 0 aliphatic carbocycles. The van der Waals surface area contributed by atoms with Crippen LogP contribution in [-0.4, -0.2) is 72.7 Å². The van der Waals surface area contributed by atoms with Gasteiger partial charge >= 0.3 is 5.97 Å². The maximum Gasteiger partial charge on any atom is 0.335 e. The average Bonchev–Trinajstić information content (AvgIpc) is 3.26. The zero-order chi connectivity index (χ0) is 26.1. The number of aliphatic hydroxyl groups is 3. The van der Waals surface area contributed by atoms with Crippen LogP contribution in [0.2, 0.25) is 0 Å². The molecule has 36 heavy (non-hydrogen) atoms. The number of carbonyl (C=O) groups is 2. The third-order valence-corrected chi connectivity index (χ3v) is 6.40. The standard InChI is InChI=1S/C25H28N2O9/c1-12(7-8-13-5-3-2-4-6-13)27-10-9-14-11-15(28)21(16(17(14)27)23(26)32)35-25-20(31)18(29)19(30)22(36-25)24(33)34/h2-6,9-12,18-20,22,25,28-31H,7-8H2,1H3,(H2,26,32)(H,33,34)/t12?,18-,19-,20+,22-,25?/m0/s1. The molecule has 2 heterocycles. The monoisotopic (exact) mass is 500 g/mol. The van der Waals surface area contributed by atoms with Crippen molar-refractivity contribution in [3.8, 4) is 11.5 Å². The van der Waals surface area contributed by atoms with Crippen molar-refractivity contribution in [3.63, 3.8) is 0 Å². The Hall–Kier alpha value is -3.64. The summed E-state index contributed by atoms with van der Waals surface area (Å²) in [4.78, 5) is 24.0. The fraction of sp³-hybridized carbons (Fsp3) is 0.360. The smallest absolute Gasteiger partial charge is 0.335 e. The summed E-state index contributed by atoms with van der Waals surface area (Å²) in [6.07, 6.45) is -6.23. The first-order valence-electron chi connectivity index (χ1n) is 11.4. The average molecular weight is 501 g/mol. The van der Waals surface area contributed by atoms with E-state index >= 15 is 0 Å². The fourth-order valence-electron chi connectivity index (χ4n) is 4.44. The van der Waals surface area contributed by atoms with Gasteiger partial charge in [0.25, 0.3) is 5.91 Å². The number of carbonyl (C=O) groups excluding carboxylic acids is 1. The Bertz CT molecular complexity index is 1260. The van der Waals surface area contributed by atoms with E-state index in [4.69, 9.17) is 15.2 Å². The highest BCUT2D eigenvalue weighted by atomic mass is 16.7. The second kappa shape index (κ2) is 10.2. The molecule has 6 atom stereocenters. The van der Waals surface area contributed by atoms with Gasteiger partial charge in [0, 0.05) is 17.6 Å². The number of nitrogens with two attached hydrogens (primary N) is 1. The molecule has 1 saturated heterocycles. The number of benzene rings is 2. The van der Waals surface area contributed by atoms with E-state index in [2.05, 4.69) is 0 Å². The van der Waals surface area contributed by atoms with Gasteiger partial charge in [-0.3, -0.25) is 4.79 Å². The number of carboxylic acids is 1. The number of ether oxygens (including phenoxy) is 2. The molecule has 11 heteroatoms. The maximum absolute atomic E-state index is 12.6. The Morgan fingerprint density at radius 2 is 1.81 bits per heavy atom. The molecule has 0 bridgehead atoms. The molecule has 0 saturated carbocycles. The highest BCUT2D eigenvalue weighted by Crippen LogP contribution is 2.40. The van der Waals surface area contributed by atoms with Crippen LogP contribution in [0.3, 0.4) is 0 Å². The van der Waals surface area contributed by atoms with Gasteiger partial charge < -0.3 is 45.3 Å². The van der Waals surface area contributed by atoms with E-state index < -0.39 is 54.1 Å². The molecule has 0 spiro atoms. The molecule has 1 aliphatic heterocycles. The number of hydrogen-bond acceptors (Lipinski definition) is 8. The summed E-state index contributed by atoms with van der Waals surface area (Å²) in [7, 11) is 0. The summed E-state index contributed by atoms with van der Waals surface area (Å²) in [6, 6.07) is 12.8. The Morgan fingerprint density at radius 3 is 2.44 bits per heavy atom. The molecule has 3 aromatic rings. The number of hydrogen-bond donors (Lipinski definition) is 6. The van der Waals surface area contributed by atoms with E-state index in [-0.39, 0.29) is 11.6 Å². The lowest BCUT2D eigenvalue weighted by Gasteiger charge is -2.38. The highest BCUT2D eigenvalue weighted by molar-refractivity contribution is 6.09. The van der Waals surface area contributed by atoms with Gasteiger partial charge in [-0.05, 0) is 37.5 Å². The van der Waals surface area contributed by atoms with Crippen LogP contribution in [0.1, 0.15) is 35.3 Å². The lowest BCUT2D eigenvalue weighted by Crippen LogP contribution is -2.61. The molecular weight excluding hydrogens is 472 g/mol. The van der Waals surface area contributed by atoms with Gasteiger partial charge in [-0.15, -0.1) is 0 Å². The number of carboxylic acid groups (broad SMARTS) is 1. The van der Waals surface area contributed by atoms with Gasteiger partial charge in [-0.1, -0.05) is 30.3 Å². The van der Waals surface area contributed by atoms with Gasteiger partial charge in [0.2, 0.25) is 6.29 Å². The van der Waals surface area contributed by atoms with Gasteiger partial charge in [-0.2, -0.15) is 0 Å². The van der Waals surface area contributed by atoms with Crippen molar-refractivity contribution in [1.29, 1.82) is 0 Å². The SMILES string of the molecule is CC(CCc1ccccc1)n1ccc2cc(O)c(OC3O[C@H](C(=O)O)[C@@H](O)[C@H](O)[C@H]3O)c(C(N)=O)c21. The minimum atomic E-state index is -1.92. The Kier molecular flexibility index (Phi) is 7.18. The van der Waals surface area contributed by atoms with Crippen molar-refractivity contribution in [2.45, 2.75) is 56.5 Å². The quantitative estimate of drug-likeness (QED) is 0.262. The van der Waals surface area contributed by atoms with Crippen LogP contribution in [0.25, 0.3) is 10.9 Å². The summed E-state index contributed by atoms with van der Waals surface area (Å²) in [6.45, 7) is 1.96. The summed E-state index contributed by atoms with van der Waals surface area (Å²) >= 11 is 0. The molecule has 0 radical (unpaired) electrons. The lowest BCUT2D eigenvalue weighted by molar-refractivity contribution is -0.271. The number of aliphatic hydroxyl groups excluding tert-OH is 3. The van der Waals surface area contributed by atoms with E-state index in [0.717, 1.165) is 18.4 Å². The fourth-order valence-corrected chi connectivity index (χ4v) is 4.44. The van der Waals surface area contributed by atoms with Gasteiger partial charge in [0.05, 0.1) is 5.52 Å². The molecular formula is C25H28N2O9. The van der Waals surface area contributed by atoms with Crippen LogP contribution < -0.4 is 10.5 Å². The zero-order valence-electron chi connectivity index (χ0n) is 19.4. The third kappa shape index (κ3) is 4.73. The second-order valence-corrected chi connectivity index (χ2v) is 8.85. The van der Waals surface area contributed by atoms with Crippen molar-refractivity contribution in [1.82, 2.24) is 4.57 Å². The lowest BCUT2D eigenvalue weighted by atomic mass is 9.99. The molecule has 1 aliphatic rings. The molecule has 4 rings (SSSR count). The minimum Gasteiger partial charge on any atom is -0.504 e. The number of phenols is 1. The van der Waals surface area contributed by atoms with Crippen LogP contribution >= 0.6 is 0 Å². The van der Waals surface area contributed by atoms with Crippen LogP contribution in [-0.2, 0) is 16.0 Å².